The molecule has 2 rings (SSSR count). The fraction of sp³-hybridized carbons (Fsp3) is 0.200. The van der Waals surface area contributed by atoms with Crippen LogP contribution in [0.15, 0.2) is 42.7 Å². The largest absolute Gasteiger partial charge is 0.334 e. The first-order valence-corrected chi connectivity index (χ1v) is 7.20. The Morgan fingerprint density at radius 1 is 1.33 bits per heavy atom. The summed E-state index contributed by atoms with van der Waals surface area (Å²) < 4.78 is 0. The number of amides is 2. The van der Waals surface area contributed by atoms with E-state index in [4.69, 9.17) is 23.2 Å². The maximum atomic E-state index is 11.9. The first-order valence-electron chi connectivity index (χ1n) is 6.44. The third-order valence-electron chi connectivity index (χ3n) is 2.95. The van der Waals surface area contributed by atoms with Crippen LogP contribution < -0.4 is 10.6 Å². The van der Waals surface area contributed by atoms with Gasteiger partial charge in [-0.05, 0) is 36.2 Å². The van der Waals surface area contributed by atoms with Gasteiger partial charge in [0, 0.05) is 29.0 Å². The highest BCUT2D eigenvalue weighted by molar-refractivity contribution is 6.35. The molecule has 0 aliphatic carbocycles. The molecule has 0 fully saturated rings. The SMILES string of the molecule is C[C@H](NC(=O)NCc1cccnc1)c1ccc(Cl)cc1Cl. The smallest absolute Gasteiger partial charge is 0.315 e. The molecular weight excluding hydrogens is 309 g/mol. The summed E-state index contributed by atoms with van der Waals surface area (Å²) in [5, 5.41) is 6.70. The Labute approximate surface area is 133 Å². The molecule has 0 saturated heterocycles. The van der Waals surface area contributed by atoms with Gasteiger partial charge < -0.3 is 10.6 Å². The van der Waals surface area contributed by atoms with Crippen molar-refractivity contribution < 1.29 is 4.79 Å². The van der Waals surface area contributed by atoms with Crippen LogP contribution in [0, 0.1) is 0 Å². The number of halogens is 2. The molecular formula is C15H15Cl2N3O. The number of benzene rings is 1. The third-order valence-corrected chi connectivity index (χ3v) is 3.51. The summed E-state index contributed by atoms with van der Waals surface area (Å²) in [4.78, 5) is 15.9. The molecule has 0 radical (unpaired) electrons. The van der Waals surface area contributed by atoms with Crippen LogP contribution >= 0.6 is 23.2 Å². The average Bonchev–Trinajstić information content (AvgIpc) is 2.46. The van der Waals surface area contributed by atoms with Crippen molar-refractivity contribution >= 4 is 29.2 Å². The van der Waals surface area contributed by atoms with E-state index >= 15 is 0 Å². The predicted molar refractivity (Wildman–Crippen MR) is 84.5 cm³/mol. The number of nitrogens with one attached hydrogen (secondary N) is 2. The lowest BCUT2D eigenvalue weighted by Crippen LogP contribution is -2.36. The molecule has 110 valence electrons. The van der Waals surface area contributed by atoms with E-state index in [2.05, 4.69) is 15.6 Å². The number of urea groups is 1. The summed E-state index contributed by atoms with van der Waals surface area (Å²) in [5.41, 5.74) is 1.75. The van der Waals surface area contributed by atoms with Crippen molar-refractivity contribution in [3.05, 3.63) is 63.9 Å². The number of hydrogen-bond donors (Lipinski definition) is 2. The first-order chi connectivity index (χ1) is 10.1. The van der Waals surface area contributed by atoms with Gasteiger partial charge in [-0.1, -0.05) is 35.3 Å². The van der Waals surface area contributed by atoms with E-state index < -0.39 is 0 Å². The van der Waals surface area contributed by atoms with E-state index in [1.54, 1.807) is 30.6 Å². The van der Waals surface area contributed by atoms with E-state index in [1.165, 1.54) is 0 Å². The van der Waals surface area contributed by atoms with E-state index in [1.807, 2.05) is 19.1 Å². The minimum atomic E-state index is -0.266. The highest BCUT2D eigenvalue weighted by atomic mass is 35.5. The molecule has 0 bridgehead atoms. The fourth-order valence-electron chi connectivity index (χ4n) is 1.86. The van der Waals surface area contributed by atoms with Gasteiger partial charge in [-0.2, -0.15) is 0 Å². The normalized spacial score (nSPS) is 11.8. The Balaban J connectivity index is 1.90. The number of hydrogen-bond acceptors (Lipinski definition) is 2. The van der Waals surface area contributed by atoms with E-state index in [-0.39, 0.29) is 12.1 Å². The monoisotopic (exact) mass is 323 g/mol. The number of carbonyl (C=O) groups excluding carboxylic acids is 1. The van der Waals surface area contributed by atoms with Crippen LogP contribution in [0.4, 0.5) is 4.79 Å². The van der Waals surface area contributed by atoms with Crippen LogP contribution in [-0.2, 0) is 6.54 Å². The summed E-state index contributed by atoms with van der Waals surface area (Å²) in [6.45, 7) is 2.28. The highest BCUT2D eigenvalue weighted by Gasteiger charge is 2.12. The van der Waals surface area contributed by atoms with Crippen LogP contribution in [-0.4, -0.2) is 11.0 Å². The lowest BCUT2D eigenvalue weighted by atomic mass is 10.1. The van der Waals surface area contributed by atoms with Gasteiger partial charge in [0.15, 0.2) is 0 Å². The molecule has 1 aromatic carbocycles. The standard InChI is InChI=1S/C15H15Cl2N3O/c1-10(13-5-4-12(16)7-14(13)17)20-15(21)19-9-11-3-2-6-18-8-11/h2-8,10H,9H2,1H3,(H2,19,20,21)/t10-/m0/s1. The van der Waals surface area contributed by atoms with Gasteiger partial charge >= 0.3 is 6.03 Å². The molecule has 0 aliphatic heterocycles. The quantitative estimate of drug-likeness (QED) is 0.895. The summed E-state index contributed by atoms with van der Waals surface area (Å²) >= 11 is 12.0. The molecule has 4 nitrogen and oxygen atoms in total. The topological polar surface area (TPSA) is 54.0 Å². The molecule has 0 unspecified atom stereocenters. The summed E-state index contributed by atoms with van der Waals surface area (Å²) in [7, 11) is 0. The molecule has 2 aromatic rings. The Bertz CT molecular complexity index is 620. The number of rotatable bonds is 4. The predicted octanol–water partition coefficient (Wildman–Crippen LogP) is 3.95. The first kappa shape index (κ1) is 15.6. The van der Waals surface area contributed by atoms with E-state index in [0.29, 0.717) is 16.6 Å². The molecule has 1 heterocycles. The van der Waals surface area contributed by atoms with Crippen LogP contribution in [0.1, 0.15) is 24.1 Å². The van der Waals surface area contributed by atoms with Crippen molar-refractivity contribution in [1.29, 1.82) is 0 Å². The summed E-state index contributed by atoms with van der Waals surface area (Å²) in [5.74, 6) is 0. The van der Waals surface area contributed by atoms with Gasteiger partial charge in [-0.3, -0.25) is 4.98 Å². The van der Waals surface area contributed by atoms with Gasteiger partial charge in [0.2, 0.25) is 0 Å². The Morgan fingerprint density at radius 3 is 2.81 bits per heavy atom. The van der Waals surface area contributed by atoms with Crippen LogP contribution in [0.3, 0.4) is 0 Å². The molecule has 21 heavy (non-hydrogen) atoms. The van der Waals surface area contributed by atoms with Crippen molar-refractivity contribution in [3.8, 4) is 0 Å². The summed E-state index contributed by atoms with van der Waals surface area (Å²) in [6, 6.07) is 8.44. The van der Waals surface area contributed by atoms with Crippen molar-refractivity contribution in [3.63, 3.8) is 0 Å². The van der Waals surface area contributed by atoms with Crippen LogP contribution in [0.5, 0.6) is 0 Å². The van der Waals surface area contributed by atoms with Gasteiger partial charge in [-0.25, -0.2) is 4.79 Å². The maximum Gasteiger partial charge on any atom is 0.315 e. The Kier molecular flexibility index (Phi) is 5.42. The van der Waals surface area contributed by atoms with Gasteiger partial charge in [-0.15, -0.1) is 0 Å². The second kappa shape index (κ2) is 7.29. The minimum Gasteiger partial charge on any atom is -0.334 e. The lowest BCUT2D eigenvalue weighted by Gasteiger charge is -2.16. The van der Waals surface area contributed by atoms with Crippen molar-refractivity contribution in [2.45, 2.75) is 19.5 Å². The molecule has 2 amide bonds. The van der Waals surface area contributed by atoms with Crippen LogP contribution in [0.2, 0.25) is 10.0 Å². The fourth-order valence-corrected chi connectivity index (χ4v) is 2.44. The molecule has 1 aromatic heterocycles. The average molecular weight is 324 g/mol. The maximum absolute atomic E-state index is 11.9. The van der Waals surface area contributed by atoms with E-state index in [0.717, 1.165) is 11.1 Å². The molecule has 1 atom stereocenters. The van der Waals surface area contributed by atoms with E-state index in [9.17, 15) is 4.79 Å². The molecule has 2 N–H and O–H groups in total. The second-order valence-electron chi connectivity index (χ2n) is 4.58. The molecule has 0 saturated carbocycles. The van der Waals surface area contributed by atoms with Gasteiger partial charge in [0.05, 0.1) is 6.04 Å². The number of pyridine rings is 1. The zero-order chi connectivity index (χ0) is 15.2. The second-order valence-corrected chi connectivity index (χ2v) is 5.42. The number of aromatic nitrogens is 1. The lowest BCUT2D eigenvalue weighted by molar-refractivity contribution is 0.237. The minimum absolute atomic E-state index is 0.219. The molecule has 0 spiro atoms. The van der Waals surface area contributed by atoms with Crippen molar-refractivity contribution in [2.24, 2.45) is 0 Å². The molecule has 6 heteroatoms. The van der Waals surface area contributed by atoms with Gasteiger partial charge in [0.25, 0.3) is 0 Å². The van der Waals surface area contributed by atoms with Crippen LogP contribution in [0.25, 0.3) is 0 Å². The third kappa shape index (κ3) is 4.62. The van der Waals surface area contributed by atoms with Gasteiger partial charge in [0.1, 0.15) is 0 Å². The Hall–Kier alpha value is -1.78. The van der Waals surface area contributed by atoms with Crippen molar-refractivity contribution in [1.82, 2.24) is 15.6 Å². The highest BCUT2D eigenvalue weighted by Crippen LogP contribution is 2.25. The summed E-state index contributed by atoms with van der Waals surface area (Å²) in [6.07, 6.45) is 3.40. The number of carbonyl (C=O) groups is 1. The van der Waals surface area contributed by atoms with Crippen molar-refractivity contribution in [2.75, 3.05) is 0 Å². The zero-order valence-electron chi connectivity index (χ0n) is 11.4. The Morgan fingerprint density at radius 2 is 2.14 bits per heavy atom. The molecule has 0 aliphatic rings. The number of nitrogens with zero attached hydrogens (tertiary/aromatic N) is 1. The zero-order valence-corrected chi connectivity index (χ0v) is 12.9.